The van der Waals surface area contributed by atoms with Crippen molar-refractivity contribution in [1.82, 2.24) is 29.2 Å². The summed E-state index contributed by atoms with van der Waals surface area (Å²) in [7, 11) is 1.77. The van der Waals surface area contributed by atoms with Gasteiger partial charge in [-0.1, -0.05) is 19.0 Å². The summed E-state index contributed by atoms with van der Waals surface area (Å²) in [6.07, 6.45) is 3.23. The maximum Gasteiger partial charge on any atom is 0.280 e. The highest BCUT2D eigenvalue weighted by atomic mass is 16.5. The van der Waals surface area contributed by atoms with E-state index in [4.69, 9.17) is 9.26 Å². The molecule has 2 atom stereocenters. The van der Waals surface area contributed by atoms with Gasteiger partial charge in [0.2, 0.25) is 5.89 Å². The number of nitrogens with zero attached hydrogens (tertiary/aromatic N) is 7. The number of ether oxygens (including phenoxy) is 1. The maximum absolute atomic E-state index is 12.7. The highest BCUT2D eigenvalue weighted by molar-refractivity contribution is 5.68. The lowest BCUT2D eigenvalue weighted by atomic mass is 10.2. The molecule has 0 N–H and O–H groups in total. The Labute approximate surface area is 203 Å². The Morgan fingerprint density at radius 2 is 1.77 bits per heavy atom. The van der Waals surface area contributed by atoms with Gasteiger partial charge in [0.25, 0.3) is 5.56 Å². The molecular formula is C25H31N7O3. The minimum Gasteiger partial charge on any atom is -0.491 e. The largest absolute Gasteiger partial charge is 0.491 e. The molecule has 2 aliphatic rings. The molecule has 3 aromatic heterocycles. The first-order valence-corrected chi connectivity index (χ1v) is 12.2. The van der Waals surface area contributed by atoms with E-state index in [1.165, 1.54) is 16.6 Å². The molecule has 10 nitrogen and oxygen atoms in total. The molecule has 2 fully saturated rings. The first-order chi connectivity index (χ1) is 17.0. The molecule has 10 heteroatoms. The third-order valence-electron chi connectivity index (χ3n) is 6.56. The maximum atomic E-state index is 12.7. The Kier molecular flexibility index (Phi) is 6.04. The molecule has 0 bridgehead atoms. The van der Waals surface area contributed by atoms with Crippen LogP contribution in [-0.4, -0.2) is 48.4 Å². The van der Waals surface area contributed by atoms with Crippen LogP contribution in [-0.2, 0) is 13.6 Å². The lowest BCUT2D eigenvalue weighted by molar-refractivity contribution is 0.242. The van der Waals surface area contributed by atoms with Crippen LogP contribution in [0.25, 0.3) is 11.2 Å². The summed E-state index contributed by atoms with van der Waals surface area (Å²) >= 11 is 0. The van der Waals surface area contributed by atoms with Crippen molar-refractivity contribution in [2.45, 2.75) is 46.3 Å². The molecule has 0 amide bonds. The molecule has 1 aliphatic heterocycles. The highest BCUT2D eigenvalue weighted by Crippen LogP contribution is 2.57. The molecule has 2 unspecified atom stereocenters. The Morgan fingerprint density at radius 3 is 2.46 bits per heavy atom. The monoisotopic (exact) mass is 477 g/mol. The molecule has 6 rings (SSSR count). The summed E-state index contributed by atoms with van der Waals surface area (Å²) in [4.78, 5) is 28.1. The van der Waals surface area contributed by atoms with Crippen LogP contribution in [0.15, 0.2) is 46.2 Å². The normalized spacial score (nSPS) is 20.6. The zero-order chi connectivity index (χ0) is 24.7. The quantitative estimate of drug-likeness (QED) is 0.417. The van der Waals surface area contributed by atoms with E-state index in [1.807, 2.05) is 39.8 Å². The summed E-state index contributed by atoms with van der Waals surface area (Å²) in [5, 5.41) is 4.22. The second-order valence-electron chi connectivity index (χ2n) is 9.17. The van der Waals surface area contributed by atoms with Crippen LogP contribution < -0.4 is 15.2 Å². The van der Waals surface area contributed by atoms with Gasteiger partial charge >= 0.3 is 0 Å². The molecule has 1 aromatic carbocycles. The van der Waals surface area contributed by atoms with E-state index in [0.29, 0.717) is 34.8 Å². The molecule has 0 radical (unpaired) electrons. The van der Waals surface area contributed by atoms with Crippen molar-refractivity contribution in [2.24, 2.45) is 18.9 Å². The summed E-state index contributed by atoms with van der Waals surface area (Å²) in [6, 6.07) is 8.30. The lowest BCUT2D eigenvalue weighted by Gasteiger charge is -2.22. The number of piperidine rings is 1. The van der Waals surface area contributed by atoms with Crippen molar-refractivity contribution < 1.29 is 9.26 Å². The number of hydrogen-bond acceptors (Lipinski definition) is 8. The van der Waals surface area contributed by atoms with Crippen LogP contribution in [0.4, 0.5) is 5.69 Å². The molecule has 1 saturated carbocycles. The second-order valence-corrected chi connectivity index (χ2v) is 9.17. The topological polar surface area (TPSA) is 104 Å². The highest BCUT2D eigenvalue weighted by Gasteiger charge is 2.58. The Hall–Kier alpha value is -3.69. The van der Waals surface area contributed by atoms with E-state index in [-0.39, 0.29) is 18.2 Å². The van der Waals surface area contributed by atoms with Crippen LogP contribution in [0.3, 0.4) is 0 Å². The van der Waals surface area contributed by atoms with Crippen molar-refractivity contribution >= 4 is 16.9 Å². The van der Waals surface area contributed by atoms with Crippen LogP contribution in [0.2, 0.25) is 0 Å². The van der Waals surface area contributed by atoms with Gasteiger partial charge in [0, 0.05) is 31.7 Å². The van der Waals surface area contributed by atoms with Gasteiger partial charge < -0.3 is 18.7 Å². The number of benzene rings is 1. The van der Waals surface area contributed by atoms with Crippen LogP contribution in [0.1, 0.15) is 45.3 Å². The minimum atomic E-state index is -0.177. The average molecular weight is 478 g/mol. The molecule has 1 saturated heterocycles. The van der Waals surface area contributed by atoms with Gasteiger partial charge in [0.05, 0.1) is 12.4 Å². The Balaban J connectivity index is 0.00000124. The van der Waals surface area contributed by atoms with Gasteiger partial charge in [-0.3, -0.25) is 9.36 Å². The zero-order valence-corrected chi connectivity index (χ0v) is 20.8. The predicted molar refractivity (Wildman–Crippen MR) is 132 cm³/mol. The SMILES string of the molecule is CC.CC(C)Oc1ccc(N2CC3C(C2)C3c2noc(Cn3cnc4ncn(C)c4c3=O)n2)cc1. The van der Waals surface area contributed by atoms with Crippen molar-refractivity contribution in [2.75, 3.05) is 18.0 Å². The summed E-state index contributed by atoms with van der Waals surface area (Å²) < 4.78 is 14.4. The smallest absolute Gasteiger partial charge is 0.280 e. The predicted octanol–water partition coefficient (Wildman–Crippen LogP) is 3.22. The second kappa shape index (κ2) is 9.16. The molecular weight excluding hydrogens is 446 g/mol. The summed E-state index contributed by atoms with van der Waals surface area (Å²) in [5.74, 6) is 3.42. The van der Waals surface area contributed by atoms with E-state index < -0.39 is 0 Å². The van der Waals surface area contributed by atoms with Crippen LogP contribution in [0.5, 0.6) is 5.75 Å². The fourth-order valence-corrected chi connectivity index (χ4v) is 4.93. The first-order valence-electron chi connectivity index (χ1n) is 12.2. The Bertz CT molecular complexity index is 1360. The fraction of sp³-hybridized carbons (Fsp3) is 0.480. The standard InChI is InChI=1S/C23H25N7O3.C2H6/c1-13(2)32-15-6-4-14(5-7-15)29-8-16-17(9-29)19(16)21-26-18(33-27-21)10-30-12-25-22-20(23(30)31)28(3)11-24-22;1-2/h4-7,11-13,16-17,19H,8-10H2,1-3H3;1-2H3. The molecule has 35 heavy (non-hydrogen) atoms. The third-order valence-corrected chi connectivity index (χ3v) is 6.56. The lowest BCUT2D eigenvalue weighted by Crippen LogP contribution is -2.23. The van der Waals surface area contributed by atoms with E-state index in [2.05, 4.69) is 37.1 Å². The van der Waals surface area contributed by atoms with Gasteiger partial charge in [-0.25, -0.2) is 9.97 Å². The third kappa shape index (κ3) is 4.28. The molecule has 1 aliphatic carbocycles. The van der Waals surface area contributed by atoms with Gasteiger partial charge in [0.1, 0.15) is 18.6 Å². The number of aryl methyl sites for hydroxylation is 1. The minimum absolute atomic E-state index is 0.170. The Morgan fingerprint density at radius 1 is 1.09 bits per heavy atom. The number of rotatable bonds is 6. The number of aromatic nitrogens is 6. The van der Waals surface area contributed by atoms with E-state index in [1.54, 1.807) is 17.9 Å². The fourth-order valence-electron chi connectivity index (χ4n) is 4.93. The number of imidazole rings is 1. The van der Waals surface area contributed by atoms with E-state index >= 15 is 0 Å². The van der Waals surface area contributed by atoms with Gasteiger partial charge in [0.15, 0.2) is 17.0 Å². The summed E-state index contributed by atoms with van der Waals surface area (Å²) in [6.45, 7) is 10.2. The van der Waals surface area contributed by atoms with Crippen molar-refractivity contribution in [3.63, 3.8) is 0 Å². The van der Waals surface area contributed by atoms with E-state index in [9.17, 15) is 4.79 Å². The zero-order valence-electron chi connectivity index (χ0n) is 20.8. The van der Waals surface area contributed by atoms with Crippen molar-refractivity contribution in [3.8, 4) is 5.75 Å². The molecule has 4 aromatic rings. The number of hydrogen-bond donors (Lipinski definition) is 0. The van der Waals surface area contributed by atoms with Crippen molar-refractivity contribution in [1.29, 1.82) is 0 Å². The van der Waals surface area contributed by atoms with Gasteiger partial charge in [-0.2, -0.15) is 4.98 Å². The molecule has 184 valence electrons. The van der Waals surface area contributed by atoms with Gasteiger partial charge in [-0.05, 0) is 49.9 Å². The number of fused-ring (bicyclic) bond motifs is 2. The average Bonchev–Trinajstić information content (AvgIpc) is 3.26. The summed E-state index contributed by atoms with van der Waals surface area (Å²) in [5.41, 5.74) is 1.92. The molecule has 0 spiro atoms. The van der Waals surface area contributed by atoms with Gasteiger partial charge in [-0.15, -0.1) is 0 Å². The molecule has 4 heterocycles. The first kappa shape index (κ1) is 23.1. The number of anilines is 1. The van der Waals surface area contributed by atoms with E-state index in [0.717, 1.165) is 24.7 Å². The van der Waals surface area contributed by atoms with Crippen LogP contribution in [0, 0.1) is 11.8 Å². The van der Waals surface area contributed by atoms with Crippen LogP contribution >= 0.6 is 0 Å². The van der Waals surface area contributed by atoms with Crippen molar-refractivity contribution in [3.05, 3.63) is 59.0 Å².